The molecule has 0 aliphatic carbocycles. The Hall–Kier alpha value is -3.04. The lowest BCUT2D eigenvalue weighted by Crippen LogP contribution is -2.08. The molecule has 0 aliphatic rings. The summed E-state index contributed by atoms with van der Waals surface area (Å²) in [7, 11) is -4.20. The molecule has 0 unspecified atom stereocenters. The van der Waals surface area contributed by atoms with Crippen LogP contribution < -0.4 is 11.1 Å². The van der Waals surface area contributed by atoms with Gasteiger partial charge in [-0.25, -0.2) is 4.98 Å². The van der Waals surface area contributed by atoms with Gasteiger partial charge in [0.05, 0.1) is 12.9 Å². The molecule has 0 atom stereocenters. The third-order valence-electron chi connectivity index (χ3n) is 4.26. The van der Waals surface area contributed by atoms with Crippen LogP contribution in [0.15, 0.2) is 48.8 Å². The van der Waals surface area contributed by atoms with Gasteiger partial charge >= 0.3 is 7.60 Å². The van der Waals surface area contributed by atoms with Crippen LogP contribution in [0.1, 0.15) is 0 Å². The zero-order valence-electron chi connectivity index (χ0n) is 15.3. The number of aromatic nitrogens is 4. The fourth-order valence-corrected chi connectivity index (χ4v) is 3.39. The average molecular weight is 414 g/mol. The first-order valence-corrected chi connectivity index (χ1v) is 10.6. The van der Waals surface area contributed by atoms with Crippen molar-refractivity contribution < 1.29 is 19.1 Å². The predicted molar refractivity (Wildman–Crippen MR) is 110 cm³/mol. The smallest absolute Gasteiger partial charge is 0.350 e. The third kappa shape index (κ3) is 4.36. The van der Waals surface area contributed by atoms with E-state index >= 15 is 0 Å². The van der Waals surface area contributed by atoms with Crippen LogP contribution >= 0.6 is 7.60 Å². The maximum absolute atomic E-state index is 10.9. The summed E-state index contributed by atoms with van der Waals surface area (Å²) in [6, 6.07) is 13.9. The number of nitrogens with zero attached hydrogens (tertiary/aromatic N) is 4. The van der Waals surface area contributed by atoms with E-state index in [0.29, 0.717) is 23.5 Å². The third-order valence-corrected chi connectivity index (χ3v) is 4.78. The standard InChI is InChI=1S/C18H19N6O4P/c19-18-22-16(21-14-7-3-5-12-4-1-2-6-13(12)14)15-17(23-18)24(10-20-15)8-9-28-11-29(25,26)27/h1-7,10H,8-9,11H2,(H2,25,26,27)(H3,19,21,22,23). The second-order valence-electron chi connectivity index (χ2n) is 6.39. The summed E-state index contributed by atoms with van der Waals surface area (Å²) in [6.45, 7) is 0.396. The Bertz CT molecular complexity index is 1220. The van der Waals surface area contributed by atoms with E-state index in [2.05, 4.69) is 20.3 Å². The van der Waals surface area contributed by atoms with Crippen LogP contribution in [0.25, 0.3) is 21.9 Å². The summed E-state index contributed by atoms with van der Waals surface area (Å²) in [6.07, 6.45) is 0.929. The number of hydrogen-bond donors (Lipinski definition) is 4. The van der Waals surface area contributed by atoms with Crippen LogP contribution in [0.2, 0.25) is 0 Å². The molecule has 0 fully saturated rings. The molecule has 0 radical (unpaired) electrons. The molecule has 0 saturated heterocycles. The van der Waals surface area contributed by atoms with Crippen LogP contribution in [0, 0.1) is 0 Å². The monoisotopic (exact) mass is 414 g/mol. The second kappa shape index (κ2) is 7.76. The summed E-state index contributed by atoms with van der Waals surface area (Å²) < 4.78 is 17.6. The minimum atomic E-state index is -4.20. The van der Waals surface area contributed by atoms with Gasteiger partial charge in [0.1, 0.15) is 6.35 Å². The van der Waals surface area contributed by atoms with Crippen molar-refractivity contribution in [3.63, 3.8) is 0 Å². The quantitative estimate of drug-likeness (QED) is 0.264. The zero-order valence-corrected chi connectivity index (χ0v) is 16.2. The van der Waals surface area contributed by atoms with E-state index in [0.717, 1.165) is 16.5 Å². The van der Waals surface area contributed by atoms with E-state index in [1.807, 2.05) is 42.5 Å². The number of imidazole rings is 1. The van der Waals surface area contributed by atoms with Gasteiger partial charge in [-0.15, -0.1) is 0 Å². The van der Waals surface area contributed by atoms with Gasteiger partial charge in [-0.1, -0.05) is 36.4 Å². The van der Waals surface area contributed by atoms with Gasteiger partial charge in [-0.3, -0.25) is 4.57 Å². The fraction of sp³-hybridized carbons (Fsp3) is 0.167. The Kier molecular flexibility index (Phi) is 5.16. The highest BCUT2D eigenvalue weighted by atomic mass is 31.2. The van der Waals surface area contributed by atoms with Crippen molar-refractivity contribution in [2.45, 2.75) is 6.54 Å². The van der Waals surface area contributed by atoms with E-state index < -0.39 is 13.9 Å². The van der Waals surface area contributed by atoms with E-state index in [-0.39, 0.29) is 12.6 Å². The van der Waals surface area contributed by atoms with Crippen molar-refractivity contribution in [2.24, 2.45) is 0 Å². The van der Waals surface area contributed by atoms with Crippen LogP contribution in [-0.4, -0.2) is 42.3 Å². The number of benzene rings is 2. The lowest BCUT2D eigenvalue weighted by molar-refractivity contribution is 0.149. The highest BCUT2D eigenvalue weighted by Crippen LogP contribution is 2.34. The highest BCUT2D eigenvalue weighted by Gasteiger charge is 2.15. The molecule has 0 amide bonds. The Morgan fingerprint density at radius 1 is 1.14 bits per heavy atom. The first-order chi connectivity index (χ1) is 13.9. The summed E-state index contributed by atoms with van der Waals surface area (Å²) in [5.41, 5.74) is 7.79. The minimum Gasteiger partial charge on any atom is -0.368 e. The number of anilines is 3. The molecule has 150 valence electrons. The maximum atomic E-state index is 10.9. The first-order valence-electron chi connectivity index (χ1n) is 8.76. The van der Waals surface area contributed by atoms with Gasteiger partial charge in [0.25, 0.3) is 0 Å². The Labute approximate surface area is 165 Å². The zero-order chi connectivity index (χ0) is 20.4. The summed E-state index contributed by atoms with van der Waals surface area (Å²) >= 11 is 0. The van der Waals surface area contributed by atoms with Gasteiger partial charge in [0.2, 0.25) is 5.95 Å². The number of ether oxygens (including phenoxy) is 1. The molecular weight excluding hydrogens is 395 g/mol. The van der Waals surface area contributed by atoms with Crippen LogP contribution in [-0.2, 0) is 15.8 Å². The normalized spacial score (nSPS) is 11.9. The summed E-state index contributed by atoms with van der Waals surface area (Å²) in [5.74, 6) is 0.553. The van der Waals surface area contributed by atoms with Crippen molar-refractivity contribution in [1.82, 2.24) is 19.5 Å². The van der Waals surface area contributed by atoms with E-state index in [9.17, 15) is 4.57 Å². The molecule has 2 aromatic heterocycles. The summed E-state index contributed by atoms with van der Waals surface area (Å²) in [4.78, 5) is 30.6. The number of nitrogens with one attached hydrogen (secondary N) is 1. The Morgan fingerprint density at radius 2 is 1.93 bits per heavy atom. The SMILES string of the molecule is Nc1nc(Nc2cccc3ccccc23)c2ncn(CCOCP(=O)(O)O)c2n1. The Balaban J connectivity index is 1.62. The topological polar surface area (TPSA) is 148 Å². The van der Waals surface area contributed by atoms with Crippen molar-refractivity contribution in [1.29, 1.82) is 0 Å². The number of hydrogen-bond acceptors (Lipinski definition) is 7. The van der Waals surface area contributed by atoms with E-state index in [4.69, 9.17) is 20.3 Å². The molecule has 4 rings (SSSR count). The van der Waals surface area contributed by atoms with Crippen LogP contribution in [0.4, 0.5) is 17.5 Å². The van der Waals surface area contributed by atoms with Gasteiger partial charge in [-0.2, -0.15) is 9.97 Å². The van der Waals surface area contributed by atoms with Gasteiger partial charge in [0, 0.05) is 17.6 Å². The Morgan fingerprint density at radius 3 is 2.76 bits per heavy atom. The molecule has 0 spiro atoms. The summed E-state index contributed by atoms with van der Waals surface area (Å²) in [5, 5.41) is 5.41. The highest BCUT2D eigenvalue weighted by molar-refractivity contribution is 7.51. The maximum Gasteiger partial charge on any atom is 0.350 e. The van der Waals surface area contributed by atoms with Crippen molar-refractivity contribution in [2.75, 3.05) is 24.0 Å². The van der Waals surface area contributed by atoms with Gasteiger partial charge < -0.3 is 30.1 Å². The number of fused-ring (bicyclic) bond motifs is 2. The van der Waals surface area contributed by atoms with Crippen molar-refractivity contribution >= 4 is 47.0 Å². The molecule has 0 aliphatic heterocycles. The van der Waals surface area contributed by atoms with Gasteiger partial charge in [-0.05, 0) is 11.5 Å². The largest absolute Gasteiger partial charge is 0.368 e. The van der Waals surface area contributed by atoms with Gasteiger partial charge in [0.15, 0.2) is 17.0 Å². The number of nitrogens with two attached hydrogens (primary N) is 1. The molecule has 2 heterocycles. The predicted octanol–water partition coefficient (Wildman–Crippen LogP) is 2.46. The van der Waals surface area contributed by atoms with Crippen molar-refractivity contribution in [3.8, 4) is 0 Å². The van der Waals surface area contributed by atoms with Crippen molar-refractivity contribution in [3.05, 3.63) is 48.8 Å². The van der Waals surface area contributed by atoms with Crippen LogP contribution in [0.3, 0.4) is 0 Å². The van der Waals surface area contributed by atoms with E-state index in [1.165, 1.54) is 0 Å². The average Bonchev–Trinajstić information content (AvgIpc) is 3.08. The molecule has 5 N–H and O–H groups in total. The fourth-order valence-electron chi connectivity index (χ4n) is 3.02. The molecule has 29 heavy (non-hydrogen) atoms. The molecule has 10 nitrogen and oxygen atoms in total. The molecule has 11 heteroatoms. The molecular formula is C18H19N6O4P. The van der Waals surface area contributed by atoms with Crippen LogP contribution in [0.5, 0.6) is 0 Å². The number of nitrogen functional groups attached to an aromatic ring is 1. The second-order valence-corrected chi connectivity index (χ2v) is 7.98. The molecule has 4 aromatic rings. The molecule has 2 aromatic carbocycles. The van der Waals surface area contributed by atoms with E-state index in [1.54, 1.807) is 10.9 Å². The minimum absolute atomic E-state index is 0.0816. The lowest BCUT2D eigenvalue weighted by atomic mass is 10.1. The first kappa shape index (κ1) is 19.3. The lowest BCUT2D eigenvalue weighted by Gasteiger charge is -2.11. The molecule has 0 bridgehead atoms. The molecule has 0 saturated carbocycles. The number of rotatable bonds is 7.